The molecule has 0 saturated heterocycles. The molecule has 0 spiro atoms. The Kier molecular flexibility index (Phi) is 2.74. The lowest BCUT2D eigenvalue weighted by atomic mass is 10.2. The first kappa shape index (κ1) is 9.40. The molecule has 3 heteroatoms. The monoisotopic (exact) mass is 198 g/mol. The number of aliphatic hydroxyl groups excluding tert-OH is 1. The van der Waals surface area contributed by atoms with Crippen LogP contribution in [0.1, 0.15) is 11.3 Å². The van der Waals surface area contributed by atoms with E-state index in [0.29, 0.717) is 0 Å². The minimum Gasteiger partial charge on any atom is -0.507 e. The van der Waals surface area contributed by atoms with Crippen LogP contribution < -0.4 is 0 Å². The molecule has 74 valence electrons. The first-order chi connectivity index (χ1) is 7.36. The lowest BCUT2D eigenvalue weighted by molar-refractivity contribution is 0.515. The predicted molar refractivity (Wildman–Crippen MR) is 59.0 cm³/mol. The van der Waals surface area contributed by atoms with Crippen molar-refractivity contribution in [2.75, 3.05) is 0 Å². The molecule has 0 aromatic carbocycles. The molecule has 0 aliphatic heterocycles. The Morgan fingerprint density at radius 2 is 1.87 bits per heavy atom. The van der Waals surface area contributed by atoms with Crippen LogP contribution in [0.15, 0.2) is 48.9 Å². The Bertz CT molecular complexity index is 452. The number of pyridine rings is 2. The Labute approximate surface area is 87.8 Å². The lowest BCUT2D eigenvalue weighted by Gasteiger charge is -1.98. The topological polar surface area (TPSA) is 46.0 Å². The van der Waals surface area contributed by atoms with E-state index in [1.807, 2.05) is 18.2 Å². The number of aliphatic hydroxyl groups is 1. The number of hydrogen-bond donors (Lipinski definition) is 1. The zero-order valence-corrected chi connectivity index (χ0v) is 8.04. The van der Waals surface area contributed by atoms with Gasteiger partial charge in [0.15, 0.2) is 0 Å². The summed E-state index contributed by atoms with van der Waals surface area (Å²) in [7, 11) is 0. The third kappa shape index (κ3) is 2.40. The maximum Gasteiger partial charge on any atom is 0.125 e. The Hall–Kier alpha value is -2.16. The SMILES string of the molecule is OC(=Cc1ccccn1)c1ccncc1. The van der Waals surface area contributed by atoms with E-state index in [-0.39, 0.29) is 5.76 Å². The highest BCUT2D eigenvalue weighted by Crippen LogP contribution is 2.12. The van der Waals surface area contributed by atoms with Crippen LogP contribution in [0.25, 0.3) is 11.8 Å². The average molecular weight is 198 g/mol. The molecule has 0 radical (unpaired) electrons. The van der Waals surface area contributed by atoms with Crippen LogP contribution in [-0.2, 0) is 0 Å². The molecule has 0 aliphatic carbocycles. The van der Waals surface area contributed by atoms with Gasteiger partial charge < -0.3 is 5.11 Å². The van der Waals surface area contributed by atoms with E-state index >= 15 is 0 Å². The van der Waals surface area contributed by atoms with Gasteiger partial charge in [-0.05, 0) is 24.3 Å². The molecule has 15 heavy (non-hydrogen) atoms. The number of rotatable bonds is 2. The molecule has 0 aliphatic rings. The largest absolute Gasteiger partial charge is 0.507 e. The van der Waals surface area contributed by atoms with Crippen LogP contribution in [-0.4, -0.2) is 15.1 Å². The molecule has 0 unspecified atom stereocenters. The summed E-state index contributed by atoms with van der Waals surface area (Å²) in [5.41, 5.74) is 1.46. The van der Waals surface area contributed by atoms with Gasteiger partial charge >= 0.3 is 0 Å². The van der Waals surface area contributed by atoms with Crippen LogP contribution in [0.3, 0.4) is 0 Å². The van der Waals surface area contributed by atoms with Crippen LogP contribution in [0, 0.1) is 0 Å². The molecule has 0 bridgehead atoms. The zero-order chi connectivity index (χ0) is 10.5. The second-order valence-electron chi connectivity index (χ2n) is 3.02. The standard InChI is InChI=1S/C12H10N2O/c15-12(10-4-7-13-8-5-10)9-11-3-1-2-6-14-11/h1-9,15H. The van der Waals surface area contributed by atoms with Gasteiger partial charge in [0.05, 0.1) is 5.69 Å². The molecule has 3 nitrogen and oxygen atoms in total. The third-order valence-corrected chi connectivity index (χ3v) is 1.95. The van der Waals surface area contributed by atoms with E-state index in [9.17, 15) is 5.11 Å². The molecule has 0 fully saturated rings. The number of hydrogen-bond acceptors (Lipinski definition) is 3. The summed E-state index contributed by atoms with van der Waals surface area (Å²) >= 11 is 0. The molecule has 0 atom stereocenters. The van der Waals surface area contributed by atoms with Crippen molar-refractivity contribution in [3.8, 4) is 0 Å². The summed E-state index contributed by atoms with van der Waals surface area (Å²) in [5, 5.41) is 9.77. The van der Waals surface area contributed by atoms with Crippen molar-refractivity contribution >= 4 is 11.8 Å². The van der Waals surface area contributed by atoms with E-state index in [2.05, 4.69) is 9.97 Å². The first-order valence-electron chi connectivity index (χ1n) is 4.58. The summed E-state index contributed by atoms with van der Waals surface area (Å²) in [6.45, 7) is 0. The van der Waals surface area contributed by atoms with Crippen molar-refractivity contribution in [1.82, 2.24) is 9.97 Å². The predicted octanol–water partition coefficient (Wildman–Crippen LogP) is 2.53. The molecule has 2 heterocycles. The highest BCUT2D eigenvalue weighted by molar-refractivity contribution is 5.74. The van der Waals surface area contributed by atoms with Gasteiger partial charge in [-0.2, -0.15) is 0 Å². The van der Waals surface area contributed by atoms with Gasteiger partial charge in [-0.1, -0.05) is 6.07 Å². The summed E-state index contributed by atoms with van der Waals surface area (Å²) in [6.07, 6.45) is 6.58. The van der Waals surface area contributed by atoms with E-state index in [0.717, 1.165) is 11.3 Å². The van der Waals surface area contributed by atoms with Crippen molar-refractivity contribution < 1.29 is 5.11 Å². The smallest absolute Gasteiger partial charge is 0.125 e. The Morgan fingerprint density at radius 3 is 2.53 bits per heavy atom. The minimum absolute atomic E-state index is 0.191. The van der Waals surface area contributed by atoms with Gasteiger partial charge in [0.1, 0.15) is 5.76 Å². The van der Waals surface area contributed by atoms with Gasteiger partial charge in [-0.25, -0.2) is 0 Å². The second-order valence-corrected chi connectivity index (χ2v) is 3.02. The fraction of sp³-hybridized carbons (Fsp3) is 0. The van der Waals surface area contributed by atoms with Gasteiger partial charge in [0.25, 0.3) is 0 Å². The zero-order valence-electron chi connectivity index (χ0n) is 8.04. The number of nitrogens with zero attached hydrogens (tertiary/aromatic N) is 2. The summed E-state index contributed by atoms with van der Waals surface area (Å²) in [4.78, 5) is 7.97. The molecular weight excluding hydrogens is 188 g/mol. The highest BCUT2D eigenvalue weighted by Gasteiger charge is 1.97. The van der Waals surface area contributed by atoms with Crippen molar-refractivity contribution in [2.24, 2.45) is 0 Å². The van der Waals surface area contributed by atoms with E-state index in [1.54, 1.807) is 36.8 Å². The molecule has 1 N–H and O–H groups in total. The third-order valence-electron chi connectivity index (χ3n) is 1.95. The van der Waals surface area contributed by atoms with Gasteiger partial charge in [-0.15, -0.1) is 0 Å². The van der Waals surface area contributed by atoms with Gasteiger partial charge in [0.2, 0.25) is 0 Å². The van der Waals surface area contributed by atoms with Crippen molar-refractivity contribution in [3.63, 3.8) is 0 Å². The number of aromatic nitrogens is 2. The molecule has 2 aromatic rings. The maximum absolute atomic E-state index is 9.77. The van der Waals surface area contributed by atoms with Crippen molar-refractivity contribution in [1.29, 1.82) is 0 Å². The average Bonchev–Trinajstić information content (AvgIpc) is 2.31. The molecular formula is C12H10N2O. The van der Waals surface area contributed by atoms with Crippen LogP contribution >= 0.6 is 0 Å². The fourth-order valence-electron chi connectivity index (χ4n) is 1.21. The molecule has 0 amide bonds. The van der Waals surface area contributed by atoms with E-state index < -0.39 is 0 Å². The van der Waals surface area contributed by atoms with E-state index in [4.69, 9.17) is 0 Å². The fourth-order valence-corrected chi connectivity index (χ4v) is 1.21. The summed E-state index contributed by atoms with van der Waals surface area (Å²) in [6, 6.07) is 9.03. The minimum atomic E-state index is 0.191. The van der Waals surface area contributed by atoms with Crippen LogP contribution in [0.4, 0.5) is 0 Å². The maximum atomic E-state index is 9.77. The highest BCUT2D eigenvalue weighted by atomic mass is 16.3. The summed E-state index contributed by atoms with van der Waals surface area (Å²) in [5.74, 6) is 0.191. The van der Waals surface area contributed by atoms with Gasteiger partial charge in [0, 0.05) is 30.2 Å². The van der Waals surface area contributed by atoms with Crippen LogP contribution in [0.5, 0.6) is 0 Å². The molecule has 0 saturated carbocycles. The Balaban J connectivity index is 2.29. The lowest BCUT2D eigenvalue weighted by Crippen LogP contribution is -1.84. The van der Waals surface area contributed by atoms with Gasteiger partial charge in [-0.3, -0.25) is 9.97 Å². The molecule has 2 rings (SSSR count). The summed E-state index contributed by atoms with van der Waals surface area (Å²) < 4.78 is 0. The Morgan fingerprint density at radius 1 is 1.07 bits per heavy atom. The van der Waals surface area contributed by atoms with E-state index in [1.165, 1.54) is 0 Å². The second kappa shape index (κ2) is 4.37. The first-order valence-corrected chi connectivity index (χ1v) is 4.58. The van der Waals surface area contributed by atoms with Crippen molar-refractivity contribution in [3.05, 3.63) is 60.2 Å². The van der Waals surface area contributed by atoms with Crippen LogP contribution in [0.2, 0.25) is 0 Å². The normalized spacial score (nSPS) is 11.3. The van der Waals surface area contributed by atoms with Crippen molar-refractivity contribution in [2.45, 2.75) is 0 Å². The molecule has 2 aromatic heterocycles. The quantitative estimate of drug-likeness (QED) is 0.754.